The van der Waals surface area contributed by atoms with Crippen LogP contribution in [0.5, 0.6) is 0 Å². The first kappa shape index (κ1) is 16.4. The summed E-state index contributed by atoms with van der Waals surface area (Å²) in [4.78, 5) is 0. The molecule has 0 amide bonds. The van der Waals surface area contributed by atoms with Crippen LogP contribution in [0.25, 0.3) is 0 Å². The quantitative estimate of drug-likeness (QED) is 0.846. The first-order chi connectivity index (χ1) is 10.1. The van der Waals surface area contributed by atoms with Gasteiger partial charge in [0.2, 0.25) is 0 Å². The van der Waals surface area contributed by atoms with E-state index < -0.39 is 17.2 Å². The largest absolute Gasteiger partial charge is 0.373 e. The fourth-order valence-corrected chi connectivity index (χ4v) is 3.44. The van der Waals surface area contributed by atoms with E-state index in [4.69, 9.17) is 4.74 Å². The Bertz CT molecular complexity index is 484. The predicted molar refractivity (Wildman–Crippen MR) is 80.3 cm³/mol. The van der Waals surface area contributed by atoms with Gasteiger partial charge in [0.25, 0.3) is 0 Å². The van der Waals surface area contributed by atoms with Gasteiger partial charge in [-0.25, -0.2) is 8.78 Å². The average molecular weight is 297 g/mol. The van der Waals surface area contributed by atoms with Crippen LogP contribution >= 0.6 is 0 Å². The van der Waals surface area contributed by atoms with Gasteiger partial charge >= 0.3 is 0 Å². The van der Waals surface area contributed by atoms with Crippen molar-refractivity contribution in [1.82, 2.24) is 5.32 Å². The second-order valence-corrected chi connectivity index (χ2v) is 5.80. The number of hydrogen-bond donors (Lipinski definition) is 1. The van der Waals surface area contributed by atoms with Gasteiger partial charge in [-0.2, -0.15) is 0 Å². The summed E-state index contributed by atoms with van der Waals surface area (Å²) in [5.41, 5.74) is 0.298. The van der Waals surface area contributed by atoms with Crippen molar-refractivity contribution in [3.63, 3.8) is 0 Å². The van der Waals surface area contributed by atoms with Gasteiger partial charge in [-0.05, 0) is 38.8 Å². The van der Waals surface area contributed by atoms with Crippen LogP contribution in [0, 0.1) is 18.6 Å². The minimum Gasteiger partial charge on any atom is -0.373 e. The summed E-state index contributed by atoms with van der Waals surface area (Å²) in [6.45, 7) is 6.78. The number of likely N-dealkylation sites (N-methyl/N-ethyl adjacent to an activating group) is 1. The lowest BCUT2D eigenvalue weighted by molar-refractivity contribution is -0.0631. The lowest BCUT2D eigenvalue weighted by Gasteiger charge is -2.38. The van der Waals surface area contributed by atoms with Crippen molar-refractivity contribution in [2.24, 2.45) is 0 Å². The molecule has 0 aliphatic heterocycles. The number of nitrogens with one attached hydrogen (secondary N) is 1. The second-order valence-electron chi connectivity index (χ2n) is 5.80. The molecule has 2 nitrogen and oxygen atoms in total. The summed E-state index contributed by atoms with van der Waals surface area (Å²) in [6.07, 6.45) is 3.90. The minimum absolute atomic E-state index is 0.306. The molecule has 1 unspecified atom stereocenters. The molecule has 1 aromatic rings. The van der Waals surface area contributed by atoms with Crippen molar-refractivity contribution >= 4 is 0 Å². The van der Waals surface area contributed by atoms with Crippen LogP contribution in [0.4, 0.5) is 8.78 Å². The lowest BCUT2D eigenvalue weighted by Crippen LogP contribution is -2.44. The van der Waals surface area contributed by atoms with E-state index in [-0.39, 0.29) is 6.04 Å². The highest BCUT2D eigenvalue weighted by molar-refractivity contribution is 5.30. The number of hydrogen-bond acceptors (Lipinski definition) is 2. The van der Waals surface area contributed by atoms with Gasteiger partial charge in [-0.1, -0.05) is 31.9 Å². The second kappa shape index (κ2) is 6.84. The molecule has 1 saturated carbocycles. The summed E-state index contributed by atoms with van der Waals surface area (Å²) < 4.78 is 34.4. The summed E-state index contributed by atoms with van der Waals surface area (Å²) in [6, 6.07) is 3.03. The predicted octanol–water partition coefficient (Wildman–Crippen LogP) is 4.27. The van der Waals surface area contributed by atoms with Crippen LogP contribution in [0.2, 0.25) is 0 Å². The summed E-state index contributed by atoms with van der Waals surface area (Å²) in [5, 5.41) is 3.32. The van der Waals surface area contributed by atoms with Gasteiger partial charge in [-0.3, -0.25) is 0 Å². The SMILES string of the molecule is CCNC(c1ccc(C)c(F)c1F)C1(OCC)CCCC1. The molecule has 0 aromatic heterocycles. The number of aryl methyl sites for hydroxylation is 1. The Morgan fingerprint density at radius 1 is 1.19 bits per heavy atom. The third kappa shape index (κ3) is 3.11. The average Bonchev–Trinajstić information content (AvgIpc) is 2.93. The Kier molecular flexibility index (Phi) is 5.33. The number of benzene rings is 1. The van der Waals surface area contributed by atoms with E-state index >= 15 is 0 Å². The van der Waals surface area contributed by atoms with Crippen molar-refractivity contribution in [2.75, 3.05) is 13.2 Å². The highest BCUT2D eigenvalue weighted by Gasteiger charge is 2.44. The Balaban J connectivity index is 2.45. The molecular weight excluding hydrogens is 272 g/mol. The summed E-state index contributed by atoms with van der Waals surface area (Å²) >= 11 is 0. The Hall–Kier alpha value is -1.00. The van der Waals surface area contributed by atoms with Gasteiger partial charge in [0, 0.05) is 12.2 Å². The zero-order chi connectivity index (χ0) is 15.5. The molecule has 0 saturated heterocycles. The van der Waals surface area contributed by atoms with E-state index in [0.717, 1.165) is 25.7 Å². The third-order valence-electron chi connectivity index (χ3n) is 4.43. The van der Waals surface area contributed by atoms with Gasteiger partial charge in [-0.15, -0.1) is 0 Å². The van der Waals surface area contributed by atoms with Crippen LogP contribution in [0.15, 0.2) is 12.1 Å². The maximum absolute atomic E-state index is 14.4. The number of halogens is 2. The maximum Gasteiger partial charge on any atom is 0.163 e. The van der Waals surface area contributed by atoms with Gasteiger partial charge in [0.15, 0.2) is 11.6 Å². The Morgan fingerprint density at radius 2 is 1.86 bits per heavy atom. The fourth-order valence-electron chi connectivity index (χ4n) is 3.44. The topological polar surface area (TPSA) is 21.3 Å². The third-order valence-corrected chi connectivity index (χ3v) is 4.43. The van der Waals surface area contributed by atoms with E-state index in [9.17, 15) is 8.78 Å². The smallest absolute Gasteiger partial charge is 0.163 e. The molecule has 0 bridgehead atoms. The standard InChI is InChI=1S/C17H25F2NO/c1-4-20-16(17(21-5-2)10-6-7-11-17)13-9-8-12(3)14(18)15(13)19/h8-9,16,20H,4-7,10-11H2,1-3H3. The maximum atomic E-state index is 14.4. The molecule has 1 aliphatic carbocycles. The Morgan fingerprint density at radius 3 is 2.43 bits per heavy atom. The molecule has 0 radical (unpaired) electrons. The first-order valence-electron chi connectivity index (χ1n) is 7.87. The summed E-state index contributed by atoms with van der Waals surface area (Å²) in [5.74, 6) is -1.49. The molecule has 2 rings (SSSR count). The molecule has 0 heterocycles. The molecule has 21 heavy (non-hydrogen) atoms. The van der Waals surface area contributed by atoms with E-state index in [2.05, 4.69) is 5.32 Å². The van der Waals surface area contributed by atoms with E-state index in [1.165, 1.54) is 0 Å². The Labute approximate surface area is 125 Å². The zero-order valence-corrected chi connectivity index (χ0v) is 13.1. The van der Waals surface area contributed by atoms with Crippen molar-refractivity contribution in [2.45, 2.75) is 58.1 Å². The molecule has 1 aromatic carbocycles. The first-order valence-corrected chi connectivity index (χ1v) is 7.87. The highest BCUT2D eigenvalue weighted by atomic mass is 19.2. The van der Waals surface area contributed by atoms with Crippen LogP contribution in [-0.2, 0) is 4.74 Å². The van der Waals surface area contributed by atoms with Crippen molar-refractivity contribution in [3.8, 4) is 0 Å². The molecular formula is C17H25F2NO. The van der Waals surface area contributed by atoms with Crippen molar-refractivity contribution < 1.29 is 13.5 Å². The molecule has 1 fully saturated rings. The number of ether oxygens (including phenoxy) is 1. The van der Waals surface area contributed by atoms with E-state index in [1.54, 1.807) is 19.1 Å². The zero-order valence-electron chi connectivity index (χ0n) is 13.1. The molecule has 118 valence electrons. The van der Waals surface area contributed by atoms with Crippen molar-refractivity contribution in [1.29, 1.82) is 0 Å². The van der Waals surface area contributed by atoms with Gasteiger partial charge in [0.1, 0.15) is 0 Å². The normalized spacial score (nSPS) is 18.9. The van der Waals surface area contributed by atoms with Crippen LogP contribution < -0.4 is 5.32 Å². The highest BCUT2D eigenvalue weighted by Crippen LogP contribution is 2.44. The molecule has 1 atom stereocenters. The van der Waals surface area contributed by atoms with Gasteiger partial charge < -0.3 is 10.1 Å². The molecule has 1 aliphatic rings. The fraction of sp³-hybridized carbons (Fsp3) is 0.647. The van der Waals surface area contributed by atoms with Gasteiger partial charge in [0.05, 0.1) is 11.6 Å². The van der Waals surface area contributed by atoms with Crippen LogP contribution in [-0.4, -0.2) is 18.8 Å². The summed E-state index contributed by atoms with van der Waals surface area (Å²) in [7, 11) is 0. The monoisotopic (exact) mass is 297 g/mol. The van der Waals surface area contributed by atoms with Crippen LogP contribution in [0.1, 0.15) is 56.7 Å². The number of rotatable bonds is 6. The van der Waals surface area contributed by atoms with Crippen LogP contribution in [0.3, 0.4) is 0 Å². The lowest BCUT2D eigenvalue weighted by atomic mass is 9.85. The minimum atomic E-state index is -0.750. The van der Waals surface area contributed by atoms with E-state index in [0.29, 0.717) is 24.3 Å². The van der Waals surface area contributed by atoms with E-state index in [1.807, 2.05) is 13.8 Å². The molecule has 4 heteroatoms. The molecule has 1 N–H and O–H groups in total. The van der Waals surface area contributed by atoms with Crippen molar-refractivity contribution in [3.05, 3.63) is 34.9 Å². The molecule has 0 spiro atoms.